The molecule has 1 saturated carbocycles. The summed E-state index contributed by atoms with van der Waals surface area (Å²) in [5.41, 5.74) is 5.02. The van der Waals surface area contributed by atoms with Crippen LogP contribution in [0.15, 0.2) is 107 Å². The fraction of sp³-hybridized carbons (Fsp3) is 0.194. The molecular formula is C31H27NS. The summed E-state index contributed by atoms with van der Waals surface area (Å²) in [5, 5.41) is 3.77. The Labute approximate surface area is 199 Å². The molecule has 0 atom stereocenters. The van der Waals surface area contributed by atoms with Gasteiger partial charge in [-0.05, 0) is 58.9 Å². The molecule has 0 bridgehead atoms. The molecule has 4 aromatic carbocycles. The van der Waals surface area contributed by atoms with Gasteiger partial charge in [-0.2, -0.15) is 0 Å². The molecule has 162 valence electrons. The Kier molecular flexibility index (Phi) is 5.61. The molecule has 0 unspecified atom stereocenters. The molecule has 1 aliphatic rings. The number of pyridine rings is 1. The molecule has 1 fully saturated rings. The Morgan fingerprint density at radius 1 is 0.636 bits per heavy atom. The van der Waals surface area contributed by atoms with Gasteiger partial charge in [0.05, 0.1) is 5.52 Å². The first-order valence-corrected chi connectivity index (χ1v) is 12.8. The first-order valence-electron chi connectivity index (χ1n) is 12.0. The minimum atomic E-state index is 0.744. The van der Waals surface area contributed by atoms with Crippen molar-refractivity contribution in [1.82, 2.24) is 4.98 Å². The van der Waals surface area contributed by atoms with Crippen LogP contribution in [0, 0.1) is 0 Å². The smallest absolute Gasteiger partial charge is 0.0798 e. The van der Waals surface area contributed by atoms with Crippen LogP contribution in [0.4, 0.5) is 0 Å². The first-order chi connectivity index (χ1) is 16.4. The van der Waals surface area contributed by atoms with Crippen molar-refractivity contribution in [1.29, 1.82) is 0 Å². The first kappa shape index (κ1) is 20.5. The van der Waals surface area contributed by atoms with Crippen molar-refractivity contribution >= 4 is 33.4 Å². The fourth-order valence-corrected chi connectivity index (χ4v) is 6.40. The van der Waals surface area contributed by atoms with Crippen LogP contribution < -0.4 is 0 Å². The topological polar surface area (TPSA) is 12.9 Å². The summed E-state index contributed by atoms with van der Waals surface area (Å²) in [6.07, 6.45) is 8.75. The summed E-state index contributed by atoms with van der Waals surface area (Å²) in [6, 6.07) is 33.1. The SMILES string of the molecule is c1ccc(-c2c3ccccc3c(Sc3ccc(C4CCCCC4)cc3)c3cccnc23)cc1. The lowest BCUT2D eigenvalue weighted by Gasteiger charge is -2.22. The molecule has 5 aromatic rings. The fourth-order valence-electron chi connectivity index (χ4n) is 5.33. The third kappa shape index (κ3) is 3.94. The van der Waals surface area contributed by atoms with Crippen LogP contribution in [0.3, 0.4) is 0 Å². The van der Waals surface area contributed by atoms with Crippen LogP contribution in [0.5, 0.6) is 0 Å². The van der Waals surface area contributed by atoms with E-state index < -0.39 is 0 Å². The van der Waals surface area contributed by atoms with Crippen molar-refractivity contribution in [3.63, 3.8) is 0 Å². The average molecular weight is 446 g/mol. The quantitative estimate of drug-likeness (QED) is 0.256. The minimum absolute atomic E-state index is 0.744. The maximum atomic E-state index is 4.87. The highest BCUT2D eigenvalue weighted by Crippen LogP contribution is 2.44. The summed E-state index contributed by atoms with van der Waals surface area (Å²) >= 11 is 1.87. The van der Waals surface area contributed by atoms with Crippen LogP contribution in [0.1, 0.15) is 43.6 Å². The summed E-state index contributed by atoms with van der Waals surface area (Å²) in [5.74, 6) is 0.744. The maximum absolute atomic E-state index is 4.87. The van der Waals surface area contributed by atoms with Crippen LogP contribution >= 0.6 is 11.8 Å². The number of nitrogens with zero attached hydrogens (tertiary/aromatic N) is 1. The molecule has 1 aliphatic carbocycles. The van der Waals surface area contributed by atoms with Gasteiger partial charge in [-0.3, -0.25) is 4.98 Å². The summed E-state index contributed by atoms with van der Waals surface area (Å²) < 4.78 is 0. The van der Waals surface area contributed by atoms with Gasteiger partial charge in [-0.1, -0.05) is 104 Å². The second-order valence-electron chi connectivity index (χ2n) is 9.02. The molecule has 0 saturated heterocycles. The van der Waals surface area contributed by atoms with Gasteiger partial charge in [-0.25, -0.2) is 0 Å². The number of rotatable bonds is 4. The molecule has 2 heteroatoms. The number of hydrogen-bond acceptors (Lipinski definition) is 2. The van der Waals surface area contributed by atoms with E-state index in [4.69, 9.17) is 4.98 Å². The molecule has 33 heavy (non-hydrogen) atoms. The lowest BCUT2D eigenvalue weighted by atomic mass is 9.84. The minimum Gasteiger partial charge on any atom is -0.256 e. The molecular weight excluding hydrogens is 418 g/mol. The molecule has 0 spiro atoms. The lowest BCUT2D eigenvalue weighted by Crippen LogP contribution is -2.04. The number of hydrogen-bond donors (Lipinski definition) is 0. The molecule has 0 radical (unpaired) electrons. The Morgan fingerprint density at radius 3 is 2.12 bits per heavy atom. The van der Waals surface area contributed by atoms with Gasteiger partial charge < -0.3 is 0 Å². The zero-order chi connectivity index (χ0) is 22.0. The van der Waals surface area contributed by atoms with Crippen LogP contribution in [0.2, 0.25) is 0 Å². The summed E-state index contributed by atoms with van der Waals surface area (Å²) in [7, 11) is 0. The third-order valence-corrected chi connectivity index (χ3v) is 8.12. The number of benzene rings is 4. The van der Waals surface area contributed by atoms with E-state index in [1.165, 1.54) is 74.7 Å². The predicted molar refractivity (Wildman–Crippen MR) is 141 cm³/mol. The van der Waals surface area contributed by atoms with Crippen LogP contribution in [0.25, 0.3) is 32.8 Å². The molecule has 6 rings (SSSR count). The largest absolute Gasteiger partial charge is 0.256 e. The molecule has 1 heterocycles. The van der Waals surface area contributed by atoms with Gasteiger partial charge in [0.25, 0.3) is 0 Å². The van der Waals surface area contributed by atoms with E-state index in [-0.39, 0.29) is 0 Å². The van der Waals surface area contributed by atoms with Crippen molar-refractivity contribution < 1.29 is 0 Å². The highest BCUT2D eigenvalue weighted by molar-refractivity contribution is 7.99. The van der Waals surface area contributed by atoms with E-state index in [2.05, 4.69) is 91.0 Å². The van der Waals surface area contributed by atoms with E-state index in [1.54, 1.807) is 0 Å². The van der Waals surface area contributed by atoms with Gasteiger partial charge in [0.2, 0.25) is 0 Å². The van der Waals surface area contributed by atoms with Crippen molar-refractivity contribution in [2.24, 2.45) is 0 Å². The zero-order valence-electron chi connectivity index (χ0n) is 18.7. The van der Waals surface area contributed by atoms with Crippen LogP contribution in [-0.2, 0) is 0 Å². The van der Waals surface area contributed by atoms with Crippen molar-refractivity contribution in [3.05, 3.63) is 103 Å². The predicted octanol–water partition coefficient (Wildman–Crippen LogP) is 9.25. The average Bonchev–Trinajstić information content (AvgIpc) is 2.90. The van der Waals surface area contributed by atoms with Gasteiger partial charge in [0.1, 0.15) is 0 Å². The molecule has 0 aliphatic heterocycles. The molecule has 0 amide bonds. The van der Waals surface area contributed by atoms with Gasteiger partial charge in [-0.15, -0.1) is 0 Å². The van der Waals surface area contributed by atoms with Crippen molar-refractivity contribution in [2.75, 3.05) is 0 Å². The lowest BCUT2D eigenvalue weighted by molar-refractivity contribution is 0.443. The standard InChI is InChI=1S/C31H27NS/c1-3-10-22(11-4-1)23-17-19-25(20-18-23)33-31-27-15-8-7-14-26(27)29(24-12-5-2-6-13-24)30-28(31)16-9-21-32-30/h2,5-9,12-22H,1,3-4,10-11H2. The Balaban J connectivity index is 1.48. The van der Waals surface area contributed by atoms with Crippen LogP contribution in [-0.4, -0.2) is 4.98 Å². The van der Waals surface area contributed by atoms with Gasteiger partial charge in [0.15, 0.2) is 0 Å². The van der Waals surface area contributed by atoms with Crippen molar-refractivity contribution in [2.45, 2.75) is 47.8 Å². The molecule has 1 nitrogen and oxygen atoms in total. The second-order valence-corrected chi connectivity index (χ2v) is 10.1. The maximum Gasteiger partial charge on any atom is 0.0798 e. The Bertz CT molecular complexity index is 1340. The molecule has 0 N–H and O–H groups in total. The van der Waals surface area contributed by atoms with E-state index in [0.29, 0.717) is 0 Å². The Hall–Kier alpha value is -3.10. The monoisotopic (exact) mass is 445 g/mol. The normalized spacial score (nSPS) is 14.7. The van der Waals surface area contributed by atoms with E-state index in [1.807, 2.05) is 18.0 Å². The summed E-state index contributed by atoms with van der Waals surface area (Å²) in [6.45, 7) is 0. The number of aromatic nitrogens is 1. The van der Waals surface area contributed by atoms with E-state index in [9.17, 15) is 0 Å². The highest BCUT2D eigenvalue weighted by atomic mass is 32.2. The highest BCUT2D eigenvalue weighted by Gasteiger charge is 2.18. The second kappa shape index (κ2) is 9.03. The van der Waals surface area contributed by atoms with E-state index in [0.717, 1.165) is 11.4 Å². The Morgan fingerprint density at radius 2 is 1.33 bits per heavy atom. The van der Waals surface area contributed by atoms with Gasteiger partial charge in [0, 0.05) is 26.9 Å². The van der Waals surface area contributed by atoms with E-state index >= 15 is 0 Å². The van der Waals surface area contributed by atoms with Gasteiger partial charge >= 0.3 is 0 Å². The number of fused-ring (bicyclic) bond motifs is 2. The summed E-state index contributed by atoms with van der Waals surface area (Å²) in [4.78, 5) is 7.45. The third-order valence-electron chi connectivity index (χ3n) is 6.97. The molecule has 1 aromatic heterocycles. The van der Waals surface area contributed by atoms with Crippen molar-refractivity contribution in [3.8, 4) is 11.1 Å². The zero-order valence-corrected chi connectivity index (χ0v) is 19.5.